The first-order chi connectivity index (χ1) is 7.83. The minimum Gasteiger partial charge on any atom is -0.307 e. The maximum Gasteiger partial charge on any atom is 0.0341 e. The molecule has 1 aromatic rings. The average Bonchev–Trinajstić information content (AvgIpc) is 2.27. The van der Waals surface area contributed by atoms with Crippen LogP contribution in [0, 0.1) is 5.92 Å². The van der Waals surface area contributed by atoms with Gasteiger partial charge in [0, 0.05) is 17.0 Å². The second kappa shape index (κ2) is 4.42. The lowest BCUT2D eigenvalue weighted by molar-refractivity contribution is 0.219. The molecular weight excluding hydrogens is 214 g/mol. The van der Waals surface area contributed by atoms with Gasteiger partial charge in [-0.05, 0) is 42.6 Å². The van der Waals surface area contributed by atoms with Crippen LogP contribution in [0.1, 0.15) is 37.8 Å². The van der Waals surface area contributed by atoms with E-state index in [1.165, 1.54) is 35.5 Å². The summed E-state index contributed by atoms with van der Waals surface area (Å²) < 4.78 is 0. The van der Waals surface area contributed by atoms with Crippen LogP contribution >= 0.6 is 11.8 Å². The Hall–Kier alpha value is -0.470. The first kappa shape index (κ1) is 10.7. The largest absolute Gasteiger partial charge is 0.307 e. The molecule has 0 aromatic heterocycles. The van der Waals surface area contributed by atoms with Crippen molar-refractivity contribution in [2.75, 3.05) is 5.75 Å². The first-order valence-electron chi connectivity index (χ1n) is 6.30. The van der Waals surface area contributed by atoms with E-state index in [1.807, 2.05) is 11.8 Å². The monoisotopic (exact) mass is 233 g/mol. The molecule has 0 saturated heterocycles. The fourth-order valence-electron chi connectivity index (χ4n) is 2.84. The van der Waals surface area contributed by atoms with Crippen LogP contribution in [0.4, 0.5) is 0 Å². The summed E-state index contributed by atoms with van der Waals surface area (Å²) >= 11 is 2.01. The van der Waals surface area contributed by atoms with Crippen LogP contribution in [0.2, 0.25) is 0 Å². The molecule has 1 fully saturated rings. The molecule has 1 aliphatic heterocycles. The highest BCUT2D eigenvalue weighted by Gasteiger charge is 2.29. The van der Waals surface area contributed by atoms with Crippen molar-refractivity contribution in [1.82, 2.24) is 5.32 Å². The molecule has 1 nitrogen and oxygen atoms in total. The van der Waals surface area contributed by atoms with Gasteiger partial charge in [-0.25, -0.2) is 0 Å². The van der Waals surface area contributed by atoms with E-state index in [-0.39, 0.29) is 0 Å². The fraction of sp³-hybridized carbons (Fsp3) is 0.571. The number of hydrogen-bond donors (Lipinski definition) is 1. The molecule has 1 aliphatic carbocycles. The molecule has 0 bridgehead atoms. The molecule has 0 radical (unpaired) electrons. The molecule has 1 N–H and O–H groups in total. The number of fused-ring (bicyclic) bond motifs is 1. The van der Waals surface area contributed by atoms with E-state index >= 15 is 0 Å². The van der Waals surface area contributed by atoms with E-state index in [1.54, 1.807) is 0 Å². The number of nitrogens with one attached hydrogen (secondary N) is 1. The van der Waals surface area contributed by atoms with Crippen LogP contribution < -0.4 is 5.32 Å². The molecule has 1 unspecified atom stereocenters. The number of benzene rings is 1. The molecule has 1 heterocycles. The zero-order valence-corrected chi connectivity index (χ0v) is 10.6. The maximum absolute atomic E-state index is 3.83. The van der Waals surface area contributed by atoms with Crippen molar-refractivity contribution < 1.29 is 0 Å². The van der Waals surface area contributed by atoms with Crippen LogP contribution in [0.5, 0.6) is 0 Å². The smallest absolute Gasteiger partial charge is 0.0341 e. The second-order valence-electron chi connectivity index (χ2n) is 5.17. The Balaban J connectivity index is 1.72. The summed E-state index contributed by atoms with van der Waals surface area (Å²) in [5.41, 5.74) is 1.53. The van der Waals surface area contributed by atoms with Gasteiger partial charge in [-0.3, -0.25) is 0 Å². The van der Waals surface area contributed by atoms with Crippen molar-refractivity contribution in [3.8, 4) is 0 Å². The maximum atomic E-state index is 3.83. The highest BCUT2D eigenvalue weighted by Crippen LogP contribution is 2.38. The summed E-state index contributed by atoms with van der Waals surface area (Å²) in [6.45, 7) is 2.35. The van der Waals surface area contributed by atoms with Gasteiger partial charge in [0.05, 0.1) is 0 Å². The summed E-state index contributed by atoms with van der Waals surface area (Å²) in [6, 6.07) is 10.3. The molecule has 2 aliphatic rings. The van der Waals surface area contributed by atoms with Crippen molar-refractivity contribution in [1.29, 1.82) is 0 Å². The zero-order valence-electron chi connectivity index (χ0n) is 9.78. The quantitative estimate of drug-likeness (QED) is 0.837. The Morgan fingerprint density at radius 3 is 2.88 bits per heavy atom. The van der Waals surface area contributed by atoms with Gasteiger partial charge in [0.25, 0.3) is 0 Å². The topological polar surface area (TPSA) is 12.0 Å². The van der Waals surface area contributed by atoms with E-state index in [2.05, 4.69) is 36.5 Å². The van der Waals surface area contributed by atoms with Gasteiger partial charge in [0.2, 0.25) is 0 Å². The van der Waals surface area contributed by atoms with E-state index in [0.717, 1.165) is 12.0 Å². The van der Waals surface area contributed by atoms with Crippen LogP contribution in [0.15, 0.2) is 29.2 Å². The lowest BCUT2D eigenvalue weighted by Crippen LogP contribution is -2.42. The summed E-state index contributed by atoms with van der Waals surface area (Å²) in [4.78, 5) is 1.48. The highest BCUT2D eigenvalue weighted by atomic mass is 32.2. The Labute approximate surface area is 102 Å². The molecule has 1 atom stereocenters. The third kappa shape index (κ3) is 2.01. The molecule has 0 spiro atoms. The van der Waals surface area contributed by atoms with E-state index in [0.29, 0.717) is 6.04 Å². The lowest BCUT2D eigenvalue weighted by Gasteiger charge is -2.38. The van der Waals surface area contributed by atoms with Gasteiger partial charge in [-0.1, -0.05) is 25.1 Å². The van der Waals surface area contributed by atoms with Crippen molar-refractivity contribution in [2.24, 2.45) is 5.92 Å². The SMILES string of the molecule is CC1CC(NC2CCSc3ccccc32)C1. The molecule has 2 heteroatoms. The van der Waals surface area contributed by atoms with Gasteiger partial charge >= 0.3 is 0 Å². The Morgan fingerprint density at radius 1 is 1.25 bits per heavy atom. The Kier molecular flexibility index (Phi) is 2.95. The predicted molar refractivity (Wildman–Crippen MR) is 69.8 cm³/mol. The van der Waals surface area contributed by atoms with E-state index in [4.69, 9.17) is 0 Å². The van der Waals surface area contributed by atoms with Gasteiger partial charge in [-0.2, -0.15) is 0 Å². The van der Waals surface area contributed by atoms with Gasteiger partial charge in [0.15, 0.2) is 0 Å². The van der Waals surface area contributed by atoms with Gasteiger partial charge in [0.1, 0.15) is 0 Å². The average molecular weight is 233 g/mol. The highest BCUT2D eigenvalue weighted by molar-refractivity contribution is 7.99. The third-order valence-corrected chi connectivity index (χ3v) is 4.89. The summed E-state index contributed by atoms with van der Waals surface area (Å²) in [5.74, 6) is 2.20. The molecule has 0 amide bonds. The second-order valence-corrected chi connectivity index (χ2v) is 6.30. The van der Waals surface area contributed by atoms with Gasteiger partial charge in [-0.15, -0.1) is 11.8 Å². The fourth-order valence-corrected chi connectivity index (χ4v) is 3.96. The van der Waals surface area contributed by atoms with Crippen LogP contribution in [0.3, 0.4) is 0 Å². The number of rotatable bonds is 2. The zero-order chi connectivity index (χ0) is 11.0. The molecule has 16 heavy (non-hydrogen) atoms. The standard InChI is InChI=1S/C14H19NS/c1-10-8-11(9-10)15-13-6-7-16-14-5-3-2-4-12(13)14/h2-5,10-11,13,15H,6-9H2,1H3. The van der Waals surface area contributed by atoms with Crippen LogP contribution in [-0.2, 0) is 0 Å². The normalized spacial score (nSPS) is 32.9. The van der Waals surface area contributed by atoms with Crippen LogP contribution in [0.25, 0.3) is 0 Å². The first-order valence-corrected chi connectivity index (χ1v) is 7.29. The molecule has 1 aromatic carbocycles. The minimum atomic E-state index is 0.606. The van der Waals surface area contributed by atoms with E-state index < -0.39 is 0 Å². The number of thioether (sulfide) groups is 1. The molecule has 3 rings (SSSR count). The van der Waals surface area contributed by atoms with Crippen molar-refractivity contribution >= 4 is 11.8 Å². The summed E-state index contributed by atoms with van der Waals surface area (Å²) in [6.07, 6.45) is 4.02. The van der Waals surface area contributed by atoms with Gasteiger partial charge < -0.3 is 5.32 Å². The van der Waals surface area contributed by atoms with Crippen molar-refractivity contribution in [3.63, 3.8) is 0 Å². The molecule has 86 valence electrons. The predicted octanol–water partition coefficient (Wildman–Crippen LogP) is 3.61. The lowest BCUT2D eigenvalue weighted by atomic mass is 9.81. The third-order valence-electron chi connectivity index (χ3n) is 3.77. The van der Waals surface area contributed by atoms with Crippen LogP contribution in [-0.4, -0.2) is 11.8 Å². The summed E-state index contributed by atoms with van der Waals surface area (Å²) in [5, 5.41) is 3.83. The molecular formula is C14H19NS. The number of hydrogen-bond acceptors (Lipinski definition) is 2. The van der Waals surface area contributed by atoms with Crippen molar-refractivity contribution in [3.05, 3.63) is 29.8 Å². The van der Waals surface area contributed by atoms with Crippen molar-refractivity contribution in [2.45, 2.75) is 43.2 Å². The van der Waals surface area contributed by atoms with E-state index in [9.17, 15) is 0 Å². The Morgan fingerprint density at radius 2 is 2.06 bits per heavy atom. The molecule has 1 saturated carbocycles. The summed E-state index contributed by atoms with van der Waals surface area (Å²) in [7, 11) is 0. The minimum absolute atomic E-state index is 0.606. The Bertz CT molecular complexity index is 371.